The summed E-state index contributed by atoms with van der Waals surface area (Å²) in [5.41, 5.74) is 0.882. The molecule has 1 fully saturated rings. The van der Waals surface area contributed by atoms with E-state index < -0.39 is 5.91 Å². The summed E-state index contributed by atoms with van der Waals surface area (Å²) in [6, 6.07) is 9.43. The number of carbonyl (C=O) groups excluding carboxylic acids is 1. The van der Waals surface area contributed by atoms with E-state index in [2.05, 4.69) is 5.32 Å². The minimum absolute atomic E-state index is 0.0758. The Morgan fingerprint density at radius 3 is 2.96 bits per heavy atom. The van der Waals surface area contributed by atoms with Gasteiger partial charge in [0.2, 0.25) is 0 Å². The molecule has 0 aromatic heterocycles. The average molecular weight is 348 g/mol. The van der Waals surface area contributed by atoms with Crippen molar-refractivity contribution in [3.05, 3.63) is 46.6 Å². The monoisotopic (exact) mass is 347 g/mol. The third kappa shape index (κ3) is 4.98. The Kier molecular flexibility index (Phi) is 7.10. The fourth-order valence-corrected chi connectivity index (χ4v) is 3.07. The third-order valence-electron chi connectivity index (χ3n) is 4.19. The van der Waals surface area contributed by atoms with Crippen LogP contribution in [0.3, 0.4) is 0 Å². The molecule has 128 valence electrons. The van der Waals surface area contributed by atoms with Crippen LogP contribution in [0.25, 0.3) is 0 Å². The molecule has 1 amide bonds. The van der Waals surface area contributed by atoms with Crippen molar-refractivity contribution >= 4 is 17.5 Å². The molecule has 0 aliphatic carbocycles. The molecule has 5 nitrogen and oxygen atoms in total. The van der Waals surface area contributed by atoms with Gasteiger partial charge < -0.3 is 15.3 Å². The smallest absolute Gasteiger partial charge is 0.263 e. The van der Waals surface area contributed by atoms with Gasteiger partial charge in [0.15, 0.2) is 0 Å². The van der Waals surface area contributed by atoms with Crippen LogP contribution in [-0.2, 0) is 11.3 Å². The molecule has 1 aromatic rings. The van der Waals surface area contributed by atoms with Crippen molar-refractivity contribution in [1.82, 2.24) is 10.2 Å². The Bertz CT molecular complexity index is 637. The van der Waals surface area contributed by atoms with Gasteiger partial charge in [0.25, 0.3) is 5.91 Å². The second-order valence-corrected chi connectivity index (χ2v) is 6.24. The number of nitrogens with one attached hydrogen (secondary N) is 1. The normalized spacial score (nSPS) is 18.1. The summed E-state index contributed by atoms with van der Waals surface area (Å²) in [6.45, 7) is 1.18. The van der Waals surface area contributed by atoms with E-state index in [4.69, 9.17) is 16.7 Å². The second-order valence-electron chi connectivity index (χ2n) is 5.83. The molecule has 0 saturated carbocycles. The lowest BCUT2D eigenvalue weighted by Gasteiger charge is -2.34. The molecule has 1 unspecified atom stereocenters. The molecular formula is C18H22ClN3O2. The summed E-state index contributed by atoms with van der Waals surface area (Å²) in [4.78, 5) is 14.3. The van der Waals surface area contributed by atoms with Gasteiger partial charge >= 0.3 is 0 Å². The Morgan fingerprint density at radius 1 is 1.46 bits per heavy atom. The summed E-state index contributed by atoms with van der Waals surface area (Å²) >= 11 is 6.07. The summed E-state index contributed by atoms with van der Waals surface area (Å²) < 4.78 is 0. The van der Waals surface area contributed by atoms with Crippen LogP contribution in [0.4, 0.5) is 0 Å². The van der Waals surface area contributed by atoms with E-state index in [1.54, 1.807) is 12.3 Å². The first kappa shape index (κ1) is 18.3. The van der Waals surface area contributed by atoms with Gasteiger partial charge in [-0.3, -0.25) is 4.79 Å². The van der Waals surface area contributed by atoms with Crippen LogP contribution in [0, 0.1) is 11.3 Å². The molecule has 1 saturated heterocycles. The maximum Gasteiger partial charge on any atom is 0.263 e. The van der Waals surface area contributed by atoms with Crippen LogP contribution in [0.2, 0.25) is 5.02 Å². The molecule has 1 aliphatic heterocycles. The van der Waals surface area contributed by atoms with Crippen molar-refractivity contribution in [2.24, 2.45) is 0 Å². The maximum atomic E-state index is 12.3. The number of nitriles is 1. The Hall–Kier alpha value is -2.03. The fourth-order valence-electron chi connectivity index (χ4n) is 2.87. The third-order valence-corrected chi connectivity index (χ3v) is 4.56. The van der Waals surface area contributed by atoms with Gasteiger partial charge in [-0.1, -0.05) is 29.8 Å². The highest BCUT2D eigenvalue weighted by Crippen LogP contribution is 2.20. The average Bonchev–Trinajstić information content (AvgIpc) is 2.60. The van der Waals surface area contributed by atoms with Crippen LogP contribution in [0.5, 0.6) is 0 Å². The van der Waals surface area contributed by atoms with Crippen molar-refractivity contribution in [3.8, 4) is 6.07 Å². The molecule has 0 spiro atoms. The minimum Gasteiger partial charge on any atom is -0.396 e. The summed E-state index contributed by atoms with van der Waals surface area (Å²) in [5.74, 6) is -0.411. The molecule has 1 heterocycles. The van der Waals surface area contributed by atoms with Gasteiger partial charge in [-0.25, -0.2) is 0 Å². The highest BCUT2D eigenvalue weighted by molar-refractivity contribution is 6.31. The lowest BCUT2D eigenvalue weighted by molar-refractivity contribution is -0.117. The van der Waals surface area contributed by atoms with Gasteiger partial charge in [-0.15, -0.1) is 0 Å². The number of rotatable bonds is 6. The summed E-state index contributed by atoms with van der Waals surface area (Å²) in [6.07, 6.45) is 5.38. The van der Waals surface area contributed by atoms with Crippen molar-refractivity contribution in [3.63, 3.8) is 0 Å². The van der Waals surface area contributed by atoms with Crippen LogP contribution < -0.4 is 5.32 Å². The van der Waals surface area contributed by atoms with E-state index in [-0.39, 0.29) is 24.8 Å². The number of amides is 1. The fraction of sp³-hybridized carbons (Fsp3) is 0.444. The molecule has 0 radical (unpaired) electrons. The number of likely N-dealkylation sites (tertiary alicyclic amines) is 1. The van der Waals surface area contributed by atoms with Crippen LogP contribution in [-0.4, -0.2) is 35.1 Å². The quantitative estimate of drug-likeness (QED) is 0.612. The van der Waals surface area contributed by atoms with Crippen molar-refractivity contribution in [1.29, 1.82) is 5.26 Å². The van der Waals surface area contributed by atoms with Gasteiger partial charge in [0.05, 0.1) is 0 Å². The Balaban J connectivity index is 2.02. The molecule has 1 aromatic carbocycles. The number of hydrogen-bond donors (Lipinski definition) is 2. The largest absolute Gasteiger partial charge is 0.396 e. The minimum atomic E-state index is -0.411. The number of benzene rings is 1. The molecular weight excluding hydrogens is 326 g/mol. The predicted octanol–water partition coefficient (Wildman–Crippen LogP) is 2.60. The van der Waals surface area contributed by atoms with Crippen LogP contribution in [0.15, 0.2) is 36.0 Å². The number of nitrogens with zero attached hydrogens (tertiary/aromatic N) is 2. The van der Waals surface area contributed by atoms with Crippen molar-refractivity contribution < 1.29 is 9.90 Å². The molecule has 24 heavy (non-hydrogen) atoms. The van der Waals surface area contributed by atoms with E-state index in [0.717, 1.165) is 31.4 Å². The van der Waals surface area contributed by atoms with E-state index in [9.17, 15) is 10.1 Å². The maximum absolute atomic E-state index is 12.3. The first-order valence-corrected chi connectivity index (χ1v) is 8.53. The zero-order chi connectivity index (χ0) is 17.4. The molecule has 1 atom stereocenters. The lowest BCUT2D eigenvalue weighted by atomic mass is 10.00. The second kappa shape index (κ2) is 9.31. The van der Waals surface area contributed by atoms with E-state index in [1.165, 1.54) is 0 Å². The standard InChI is InChI=1S/C18H22ClN3O2/c19-17-7-2-1-5-14(17)12-21-18(24)15(11-20)13-22-9-4-3-6-16(22)8-10-23/h1-2,5,7,13,16,23H,3-4,6,8-10,12H2,(H,21,24)/b15-13-. The van der Waals surface area contributed by atoms with E-state index in [1.807, 2.05) is 29.2 Å². The van der Waals surface area contributed by atoms with Gasteiger partial charge in [0, 0.05) is 37.0 Å². The zero-order valence-electron chi connectivity index (χ0n) is 13.5. The number of piperidine rings is 1. The first-order valence-electron chi connectivity index (χ1n) is 8.16. The first-order chi connectivity index (χ1) is 11.7. The topological polar surface area (TPSA) is 76.4 Å². The van der Waals surface area contributed by atoms with Gasteiger partial charge in [0.1, 0.15) is 11.6 Å². The SMILES string of the molecule is N#C/C(=C/N1CCCCC1CCO)C(=O)NCc1ccccc1Cl. The zero-order valence-corrected chi connectivity index (χ0v) is 14.3. The Morgan fingerprint density at radius 2 is 2.25 bits per heavy atom. The van der Waals surface area contributed by atoms with Gasteiger partial charge in [-0.05, 0) is 37.3 Å². The summed E-state index contributed by atoms with van der Waals surface area (Å²) in [7, 11) is 0. The van der Waals surface area contributed by atoms with E-state index >= 15 is 0 Å². The summed E-state index contributed by atoms with van der Waals surface area (Å²) in [5, 5.41) is 21.8. The van der Waals surface area contributed by atoms with Gasteiger partial charge in [-0.2, -0.15) is 5.26 Å². The number of halogens is 1. The molecule has 2 rings (SSSR count). The molecule has 0 bridgehead atoms. The Labute approximate surface area is 147 Å². The van der Waals surface area contributed by atoms with Crippen molar-refractivity contribution in [2.45, 2.75) is 38.3 Å². The van der Waals surface area contributed by atoms with Crippen LogP contribution >= 0.6 is 11.6 Å². The number of aliphatic hydroxyl groups excluding tert-OH is 1. The van der Waals surface area contributed by atoms with Crippen molar-refractivity contribution in [2.75, 3.05) is 13.2 Å². The predicted molar refractivity (Wildman–Crippen MR) is 93.0 cm³/mol. The van der Waals surface area contributed by atoms with E-state index in [0.29, 0.717) is 11.4 Å². The molecule has 2 N–H and O–H groups in total. The highest BCUT2D eigenvalue weighted by atomic mass is 35.5. The van der Waals surface area contributed by atoms with Crippen LogP contribution in [0.1, 0.15) is 31.2 Å². The lowest BCUT2D eigenvalue weighted by Crippen LogP contribution is -2.37. The number of aliphatic hydroxyl groups is 1. The molecule has 1 aliphatic rings. The molecule has 6 heteroatoms. The number of carbonyl (C=O) groups is 1. The number of hydrogen-bond acceptors (Lipinski definition) is 4. The highest BCUT2D eigenvalue weighted by Gasteiger charge is 2.21.